The maximum atomic E-state index is 12.6. The Bertz CT molecular complexity index is 1040. The number of nitrogens with one attached hydrogen (secondary N) is 2. The number of H-pyrrole nitrogens is 1. The number of fused-ring (bicyclic) bond motifs is 1. The van der Waals surface area contributed by atoms with Gasteiger partial charge in [-0.1, -0.05) is 24.3 Å². The number of para-hydroxylation sites is 1. The first-order valence-corrected chi connectivity index (χ1v) is 9.20. The molecule has 0 radical (unpaired) electrons. The Morgan fingerprint density at radius 3 is 2.61 bits per heavy atom. The molecule has 7 nitrogen and oxygen atoms in total. The maximum Gasteiger partial charge on any atom is 0.271 e. The molecule has 144 valence electrons. The summed E-state index contributed by atoms with van der Waals surface area (Å²) in [6, 6.07) is 15.8. The number of nitrogens with zero attached hydrogens (tertiary/aromatic N) is 1. The minimum Gasteiger partial charge on any atom is -0.490 e. The lowest BCUT2D eigenvalue weighted by molar-refractivity contribution is 0.0934. The predicted octanol–water partition coefficient (Wildman–Crippen LogP) is 2.82. The molecule has 0 spiro atoms. The molecule has 3 aromatic rings. The lowest BCUT2D eigenvalue weighted by Gasteiger charge is -2.16. The van der Waals surface area contributed by atoms with E-state index in [-0.39, 0.29) is 23.2 Å². The van der Waals surface area contributed by atoms with Gasteiger partial charge in [-0.2, -0.15) is 0 Å². The quantitative estimate of drug-likeness (QED) is 0.730. The van der Waals surface area contributed by atoms with E-state index in [1.165, 1.54) is 10.7 Å². The van der Waals surface area contributed by atoms with Gasteiger partial charge < -0.3 is 14.8 Å². The molecule has 1 atom stereocenters. The lowest BCUT2D eigenvalue weighted by atomic mass is 10.1. The molecule has 1 aromatic heterocycles. The molecular weight excluding hydrogens is 358 g/mol. The van der Waals surface area contributed by atoms with Gasteiger partial charge in [-0.25, -0.2) is 4.68 Å². The van der Waals surface area contributed by atoms with Gasteiger partial charge in [-0.15, -0.1) is 0 Å². The van der Waals surface area contributed by atoms with E-state index in [1.54, 1.807) is 12.1 Å². The van der Waals surface area contributed by atoms with Crippen molar-refractivity contribution >= 4 is 5.91 Å². The molecule has 28 heavy (non-hydrogen) atoms. The fourth-order valence-corrected chi connectivity index (χ4v) is 3.09. The van der Waals surface area contributed by atoms with Gasteiger partial charge in [0.25, 0.3) is 11.5 Å². The molecule has 0 fully saturated rings. The molecule has 0 aliphatic carbocycles. The number of benzene rings is 2. The fraction of sp³-hybridized carbons (Fsp3) is 0.238. The van der Waals surface area contributed by atoms with E-state index in [9.17, 15) is 9.59 Å². The second-order valence-electron chi connectivity index (χ2n) is 6.63. The molecule has 0 bridgehead atoms. The lowest BCUT2D eigenvalue weighted by Crippen LogP contribution is -2.27. The van der Waals surface area contributed by atoms with Gasteiger partial charge in [0.1, 0.15) is 5.69 Å². The third-order valence-electron chi connectivity index (χ3n) is 4.60. The number of carbonyl (C=O) groups is 1. The Hall–Kier alpha value is -3.48. The molecule has 0 saturated heterocycles. The van der Waals surface area contributed by atoms with Gasteiger partial charge >= 0.3 is 0 Å². The van der Waals surface area contributed by atoms with Crippen LogP contribution in [0.1, 0.15) is 35.4 Å². The van der Waals surface area contributed by atoms with Crippen molar-refractivity contribution in [3.63, 3.8) is 0 Å². The minimum absolute atomic E-state index is 0.204. The SMILES string of the molecule is CC(NC(=O)c1cc(=O)n(-c2ccccc2)[nH]1)c1ccc2c(c1)OCCCO2. The second kappa shape index (κ2) is 7.64. The first-order chi connectivity index (χ1) is 13.6. The van der Waals surface area contributed by atoms with E-state index in [0.717, 1.165) is 12.0 Å². The normalized spacial score (nSPS) is 14.2. The van der Waals surface area contributed by atoms with Crippen molar-refractivity contribution in [2.45, 2.75) is 19.4 Å². The Morgan fingerprint density at radius 2 is 1.82 bits per heavy atom. The summed E-state index contributed by atoms with van der Waals surface area (Å²) in [6.07, 6.45) is 0.835. The first kappa shape index (κ1) is 17.9. The summed E-state index contributed by atoms with van der Waals surface area (Å²) in [7, 11) is 0. The van der Waals surface area contributed by atoms with E-state index in [4.69, 9.17) is 9.47 Å². The summed E-state index contributed by atoms with van der Waals surface area (Å²) in [5, 5.41) is 5.77. The van der Waals surface area contributed by atoms with Crippen molar-refractivity contribution in [3.8, 4) is 17.2 Å². The smallest absolute Gasteiger partial charge is 0.271 e. The number of aromatic nitrogens is 2. The average molecular weight is 379 g/mol. The zero-order valence-corrected chi connectivity index (χ0v) is 15.5. The summed E-state index contributed by atoms with van der Waals surface area (Å²) in [4.78, 5) is 24.8. The highest BCUT2D eigenvalue weighted by Gasteiger charge is 2.18. The number of aromatic amines is 1. The number of hydrogen-bond acceptors (Lipinski definition) is 4. The van der Waals surface area contributed by atoms with Gasteiger partial charge in [0.05, 0.1) is 24.9 Å². The van der Waals surface area contributed by atoms with E-state index in [0.29, 0.717) is 30.4 Å². The molecule has 1 amide bonds. The van der Waals surface area contributed by atoms with Crippen molar-refractivity contribution in [1.29, 1.82) is 0 Å². The number of carbonyl (C=O) groups excluding carboxylic acids is 1. The van der Waals surface area contributed by atoms with E-state index < -0.39 is 0 Å². The third kappa shape index (κ3) is 3.64. The van der Waals surface area contributed by atoms with Crippen LogP contribution in [0.4, 0.5) is 0 Å². The Labute approximate surface area is 161 Å². The van der Waals surface area contributed by atoms with Crippen LogP contribution in [0.25, 0.3) is 5.69 Å². The van der Waals surface area contributed by atoms with Crippen molar-refractivity contribution < 1.29 is 14.3 Å². The number of ether oxygens (including phenoxy) is 2. The summed E-state index contributed by atoms with van der Waals surface area (Å²) in [5.74, 6) is 1.04. The zero-order valence-electron chi connectivity index (χ0n) is 15.5. The van der Waals surface area contributed by atoms with Crippen molar-refractivity contribution in [1.82, 2.24) is 15.1 Å². The first-order valence-electron chi connectivity index (χ1n) is 9.20. The van der Waals surface area contributed by atoms with Crippen LogP contribution < -0.4 is 20.3 Å². The standard InChI is InChI=1S/C21H21N3O4/c1-14(15-8-9-18-19(12-15)28-11-5-10-27-18)22-21(26)17-13-20(25)24(23-17)16-6-3-2-4-7-16/h2-4,6-9,12-14,23H,5,10-11H2,1H3,(H,22,26). The van der Waals surface area contributed by atoms with E-state index in [1.807, 2.05) is 43.3 Å². The van der Waals surface area contributed by atoms with Crippen molar-refractivity contribution in [2.75, 3.05) is 13.2 Å². The molecule has 1 aliphatic rings. The molecular formula is C21H21N3O4. The van der Waals surface area contributed by atoms with Crippen LogP contribution >= 0.6 is 0 Å². The number of rotatable bonds is 4. The van der Waals surface area contributed by atoms with Crippen LogP contribution in [-0.4, -0.2) is 28.9 Å². The summed E-state index contributed by atoms with van der Waals surface area (Å²) in [5.41, 5.74) is 1.47. The molecule has 1 unspecified atom stereocenters. The molecule has 4 rings (SSSR count). The van der Waals surface area contributed by atoms with Crippen LogP contribution in [0.2, 0.25) is 0 Å². The van der Waals surface area contributed by atoms with Gasteiger partial charge in [0.15, 0.2) is 11.5 Å². The van der Waals surface area contributed by atoms with Crippen LogP contribution in [0.3, 0.4) is 0 Å². The number of amides is 1. The molecule has 7 heteroatoms. The molecule has 1 aliphatic heterocycles. The zero-order chi connectivity index (χ0) is 19.5. The maximum absolute atomic E-state index is 12.6. The highest BCUT2D eigenvalue weighted by molar-refractivity contribution is 5.92. The summed E-state index contributed by atoms with van der Waals surface area (Å²) < 4.78 is 12.7. The van der Waals surface area contributed by atoms with Crippen molar-refractivity contribution in [2.24, 2.45) is 0 Å². The third-order valence-corrected chi connectivity index (χ3v) is 4.60. The Morgan fingerprint density at radius 1 is 1.07 bits per heavy atom. The molecule has 2 N–H and O–H groups in total. The summed E-state index contributed by atoms with van der Waals surface area (Å²) in [6.45, 7) is 3.11. The Balaban J connectivity index is 1.51. The molecule has 2 heterocycles. The van der Waals surface area contributed by atoms with Gasteiger partial charge in [-0.05, 0) is 36.8 Å². The largest absolute Gasteiger partial charge is 0.490 e. The van der Waals surface area contributed by atoms with Gasteiger partial charge in [-0.3, -0.25) is 14.7 Å². The van der Waals surface area contributed by atoms with E-state index in [2.05, 4.69) is 10.4 Å². The summed E-state index contributed by atoms with van der Waals surface area (Å²) >= 11 is 0. The minimum atomic E-state index is -0.355. The van der Waals surface area contributed by atoms with Gasteiger partial charge in [0, 0.05) is 12.5 Å². The van der Waals surface area contributed by atoms with Crippen LogP contribution in [-0.2, 0) is 0 Å². The monoisotopic (exact) mass is 379 g/mol. The topological polar surface area (TPSA) is 85.4 Å². The molecule has 2 aromatic carbocycles. The van der Waals surface area contributed by atoms with E-state index >= 15 is 0 Å². The van der Waals surface area contributed by atoms with Crippen molar-refractivity contribution in [3.05, 3.63) is 76.2 Å². The predicted molar refractivity (Wildman–Crippen MR) is 104 cm³/mol. The van der Waals surface area contributed by atoms with Crippen LogP contribution in [0.15, 0.2) is 59.4 Å². The number of hydrogen-bond donors (Lipinski definition) is 2. The molecule has 0 saturated carbocycles. The average Bonchev–Trinajstić information content (AvgIpc) is 2.95. The highest BCUT2D eigenvalue weighted by atomic mass is 16.5. The van der Waals surface area contributed by atoms with Gasteiger partial charge in [0.2, 0.25) is 0 Å². The van der Waals surface area contributed by atoms with Crippen LogP contribution in [0.5, 0.6) is 11.5 Å². The fourth-order valence-electron chi connectivity index (χ4n) is 3.09. The highest BCUT2D eigenvalue weighted by Crippen LogP contribution is 2.32. The second-order valence-corrected chi connectivity index (χ2v) is 6.63. The Kier molecular flexibility index (Phi) is 4.89. The van der Waals surface area contributed by atoms with Crippen LogP contribution in [0, 0.1) is 0 Å².